The summed E-state index contributed by atoms with van der Waals surface area (Å²) in [6, 6.07) is 3.67. The molecule has 0 unspecified atom stereocenters. The Labute approximate surface area is 191 Å². The first-order chi connectivity index (χ1) is 15.5. The summed E-state index contributed by atoms with van der Waals surface area (Å²) in [5.41, 5.74) is 2.68. The number of anilines is 1. The van der Waals surface area contributed by atoms with Crippen molar-refractivity contribution in [1.29, 1.82) is 0 Å². The molecule has 0 saturated carbocycles. The van der Waals surface area contributed by atoms with Gasteiger partial charge >= 0.3 is 0 Å². The van der Waals surface area contributed by atoms with Crippen molar-refractivity contribution in [2.24, 2.45) is 0 Å². The second-order valence-corrected chi connectivity index (χ2v) is 8.51. The van der Waals surface area contributed by atoms with Gasteiger partial charge in [0.15, 0.2) is 5.13 Å². The van der Waals surface area contributed by atoms with Crippen LogP contribution in [0.3, 0.4) is 0 Å². The molecule has 2 aliphatic heterocycles. The van der Waals surface area contributed by atoms with Crippen molar-refractivity contribution in [3.63, 3.8) is 0 Å². The highest BCUT2D eigenvalue weighted by atomic mass is 32.1. The molecule has 0 radical (unpaired) electrons. The number of hydrogen-bond donors (Lipinski definition) is 0. The Balaban J connectivity index is 1.44. The number of benzene rings is 1. The minimum Gasteiger partial charge on any atom is -0.496 e. The Morgan fingerprint density at radius 3 is 2.41 bits per heavy atom. The molecule has 2 aromatic rings. The Kier molecular flexibility index (Phi) is 6.64. The van der Waals surface area contributed by atoms with Gasteiger partial charge in [-0.3, -0.25) is 14.5 Å². The number of aromatic nitrogens is 1. The van der Waals surface area contributed by atoms with E-state index in [1.807, 2.05) is 28.5 Å². The van der Waals surface area contributed by atoms with Gasteiger partial charge in [0.1, 0.15) is 17.2 Å². The van der Waals surface area contributed by atoms with Crippen molar-refractivity contribution in [1.82, 2.24) is 9.88 Å². The molecule has 1 fully saturated rings. The van der Waals surface area contributed by atoms with E-state index in [2.05, 4.69) is 4.98 Å². The third-order valence-electron chi connectivity index (χ3n) is 5.77. The molecule has 0 aliphatic carbocycles. The summed E-state index contributed by atoms with van der Waals surface area (Å²) in [6.07, 6.45) is 4.40. The van der Waals surface area contributed by atoms with E-state index in [1.165, 1.54) is 11.3 Å². The lowest BCUT2D eigenvalue weighted by molar-refractivity contribution is -0.130. The van der Waals surface area contributed by atoms with Crippen molar-refractivity contribution in [3.8, 4) is 17.2 Å². The lowest BCUT2D eigenvalue weighted by Crippen LogP contribution is -2.35. The lowest BCUT2D eigenvalue weighted by Gasteiger charge is -2.28. The Hall–Kier alpha value is -3.07. The SMILES string of the molecule is COc1cc(OC)c(C2=CCN(C(=O)Cc3csc(N4CCCC4=O)n3)CC2)c(OC)c1. The minimum atomic E-state index is 0.0264. The Morgan fingerprint density at radius 2 is 1.84 bits per heavy atom. The van der Waals surface area contributed by atoms with E-state index in [0.29, 0.717) is 60.5 Å². The number of ether oxygens (including phenoxy) is 3. The number of methoxy groups -OCH3 is 3. The van der Waals surface area contributed by atoms with Crippen LogP contribution in [-0.4, -0.2) is 62.7 Å². The number of carbonyl (C=O) groups excluding carboxylic acids is 2. The third-order valence-corrected chi connectivity index (χ3v) is 6.69. The smallest absolute Gasteiger partial charge is 0.228 e. The van der Waals surface area contributed by atoms with Crippen LogP contribution in [0, 0.1) is 0 Å². The normalized spacial score (nSPS) is 16.2. The summed E-state index contributed by atoms with van der Waals surface area (Å²) in [5.74, 6) is 2.15. The second kappa shape index (κ2) is 9.60. The van der Waals surface area contributed by atoms with Crippen molar-refractivity contribution < 1.29 is 23.8 Å². The minimum absolute atomic E-state index is 0.0264. The largest absolute Gasteiger partial charge is 0.496 e. The van der Waals surface area contributed by atoms with Gasteiger partial charge in [0, 0.05) is 43.6 Å². The summed E-state index contributed by atoms with van der Waals surface area (Å²) < 4.78 is 16.5. The van der Waals surface area contributed by atoms with Crippen molar-refractivity contribution in [2.45, 2.75) is 25.7 Å². The molecule has 1 aromatic heterocycles. The number of hydrogen-bond acceptors (Lipinski definition) is 7. The van der Waals surface area contributed by atoms with Crippen molar-refractivity contribution in [2.75, 3.05) is 45.9 Å². The first kappa shape index (κ1) is 22.1. The quantitative estimate of drug-likeness (QED) is 0.635. The highest BCUT2D eigenvalue weighted by Crippen LogP contribution is 2.41. The fourth-order valence-electron chi connectivity index (χ4n) is 4.06. The van der Waals surface area contributed by atoms with Gasteiger partial charge in [-0.05, 0) is 18.4 Å². The molecule has 2 amide bonds. The molecule has 0 atom stereocenters. The summed E-state index contributed by atoms with van der Waals surface area (Å²) in [4.78, 5) is 32.8. The zero-order valence-corrected chi connectivity index (χ0v) is 19.4. The van der Waals surface area contributed by atoms with E-state index in [4.69, 9.17) is 14.2 Å². The summed E-state index contributed by atoms with van der Waals surface area (Å²) in [7, 11) is 4.84. The van der Waals surface area contributed by atoms with Gasteiger partial charge < -0.3 is 19.1 Å². The molecule has 0 spiro atoms. The molecular weight excluding hydrogens is 430 g/mol. The molecule has 0 N–H and O–H groups in total. The van der Waals surface area contributed by atoms with Gasteiger partial charge in [0.05, 0.1) is 39.0 Å². The van der Waals surface area contributed by atoms with E-state index < -0.39 is 0 Å². The standard InChI is InChI=1S/C23H27N3O5S/c1-29-17-12-18(30-2)22(19(13-17)31-3)15-6-9-25(10-7-15)21(28)11-16-14-32-23(24-16)26-8-4-5-20(26)27/h6,12-14H,4-5,7-11H2,1-3H3. The maximum Gasteiger partial charge on any atom is 0.228 e. The van der Waals surface area contributed by atoms with Crippen LogP contribution >= 0.6 is 11.3 Å². The third kappa shape index (κ3) is 4.43. The molecule has 9 heteroatoms. The Morgan fingerprint density at radius 1 is 1.09 bits per heavy atom. The van der Waals surface area contributed by atoms with Crippen LogP contribution in [-0.2, 0) is 16.0 Å². The van der Waals surface area contributed by atoms with E-state index in [9.17, 15) is 9.59 Å². The zero-order valence-electron chi connectivity index (χ0n) is 18.6. The van der Waals surface area contributed by atoms with Gasteiger partial charge in [0.2, 0.25) is 11.8 Å². The van der Waals surface area contributed by atoms with Gasteiger partial charge in [0.25, 0.3) is 0 Å². The van der Waals surface area contributed by atoms with Crippen LogP contribution in [0.25, 0.3) is 5.57 Å². The summed E-state index contributed by atoms with van der Waals surface area (Å²) >= 11 is 1.42. The maximum atomic E-state index is 12.9. The first-order valence-electron chi connectivity index (χ1n) is 10.6. The summed E-state index contributed by atoms with van der Waals surface area (Å²) in [6.45, 7) is 1.82. The van der Waals surface area contributed by atoms with Crippen LogP contribution < -0.4 is 19.1 Å². The lowest BCUT2D eigenvalue weighted by atomic mass is 9.97. The predicted octanol–water partition coefficient (Wildman–Crippen LogP) is 3.15. The van der Waals surface area contributed by atoms with E-state index in [1.54, 1.807) is 26.2 Å². The molecule has 0 bridgehead atoms. The molecule has 2 aliphatic rings. The van der Waals surface area contributed by atoms with Gasteiger partial charge in [-0.1, -0.05) is 6.08 Å². The van der Waals surface area contributed by atoms with Crippen LogP contribution in [0.1, 0.15) is 30.5 Å². The van der Waals surface area contributed by atoms with Crippen LogP contribution in [0.2, 0.25) is 0 Å². The fraction of sp³-hybridized carbons (Fsp3) is 0.435. The summed E-state index contributed by atoms with van der Waals surface area (Å²) in [5, 5.41) is 2.56. The van der Waals surface area contributed by atoms with Crippen molar-refractivity contribution in [3.05, 3.63) is 34.8 Å². The van der Waals surface area contributed by atoms with Gasteiger partial charge in [-0.15, -0.1) is 11.3 Å². The molecular formula is C23H27N3O5S. The highest BCUT2D eigenvalue weighted by Gasteiger charge is 2.26. The topological polar surface area (TPSA) is 81.2 Å². The monoisotopic (exact) mass is 457 g/mol. The number of carbonyl (C=O) groups is 2. The average molecular weight is 458 g/mol. The molecule has 3 heterocycles. The second-order valence-electron chi connectivity index (χ2n) is 7.67. The molecule has 170 valence electrons. The molecule has 4 rings (SSSR count). The van der Waals surface area contributed by atoms with E-state index >= 15 is 0 Å². The first-order valence-corrected chi connectivity index (χ1v) is 11.4. The van der Waals surface area contributed by atoms with Crippen LogP contribution in [0.5, 0.6) is 17.2 Å². The molecule has 32 heavy (non-hydrogen) atoms. The molecule has 8 nitrogen and oxygen atoms in total. The van der Waals surface area contributed by atoms with E-state index in [0.717, 1.165) is 17.6 Å². The van der Waals surface area contributed by atoms with E-state index in [-0.39, 0.29) is 18.2 Å². The Bertz CT molecular complexity index is 1020. The molecule has 1 aromatic carbocycles. The fourth-order valence-corrected chi connectivity index (χ4v) is 4.93. The number of nitrogens with zero attached hydrogens (tertiary/aromatic N) is 3. The van der Waals surface area contributed by atoms with Crippen LogP contribution in [0.4, 0.5) is 5.13 Å². The zero-order chi connectivity index (χ0) is 22.7. The predicted molar refractivity (Wildman–Crippen MR) is 123 cm³/mol. The number of amides is 2. The molecule has 1 saturated heterocycles. The highest BCUT2D eigenvalue weighted by molar-refractivity contribution is 7.14. The number of rotatable bonds is 7. The number of thiazole rings is 1. The van der Waals surface area contributed by atoms with Crippen LogP contribution in [0.15, 0.2) is 23.6 Å². The van der Waals surface area contributed by atoms with Gasteiger partial charge in [-0.2, -0.15) is 0 Å². The maximum absolute atomic E-state index is 12.9. The average Bonchev–Trinajstić information content (AvgIpc) is 3.46. The van der Waals surface area contributed by atoms with Crippen molar-refractivity contribution >= 4 is 33.9 Å². The van der Waals surface area contributed by atoms with Gasteiger partial charge in [-0.25, -0.2) is 4.98 Å².